The van der Waals surface area contributed by atoms with Crippen molar-refractivity contribution in [2.24, 2.45) is 0 Å². The van der Waals surface area contributed by atoms with Crippen LogP contribution in [0.5, 0.6) is 0 Å². The van der Waals surface area contributed by atoms with Gasteiger partial charge in [-0.15, -0.1) is 0 Å². The summed E-state index contributed by atoms with van der Waals surface area (Å²) in [5.74, 6) is 0.0699. The van der Waals surface area contributed by atoms with Crippen molar-refractivity contribution in [1.29, 1.82) is 0 Å². The Morgan fingerprint density at radius 1 is 0.871 bits per heavy atom. The van der Waals surface area contributed by atoms with E-state index in [-0.39, 0.29) is 23.0 Å². The monoisotopic (exact) mass is 425 g/mol. The SMILES string of the molecule is CC(=O)c1ccc(C2CCN(C(=O)c3cccc4c(C(F)(F)F)cccc34)CC2)cc1. The van der Waals surface area contributed by atoms with Gasteiger partial charge in [0, 0.05) is 24.2 Å². The van der Waals surface area contributed by atoms with Crippen LogP contribution >= 0.6 is 0 Å². The molecule has 0 spiro atoms. The van der Waals surface area contributed by atoms with Crippen molar-refractivity contribution in [1.82, 2.24) is 4.90 Å². The lowest BCUT2D eigenvalue weighted by molar-refractivity contribution is -0.136. The lowest BCUT2D eigenvalue weighted by Gasteiger charge is -2.32. The largest absolute Gasteiger partial charge is 0.417 e. The molecule has 3 aromatic carbocycles. The van der Waals surface area contributed by atoms with Crippen LogP contribution in [0.15, 0.2) is 60.7 Å². The average molecular weight is 425 g/mol. The van der Waals surface area contributed by atoms with Crippen molar-refractivity contribution in [2.75, 3.05) is 13.1 Å². The first-order valence-corrected chi connectivity index (χ1v) is 10.2. The van der Waals surface area contributed by atoms with Crippen molar-refractivity contribution in [3.8, 4) is 0 Å². The van der Waals surface area contributed by atoms with Crippen LogP contribution in [0.2, 0.25) is 0 Å². The normalized spacial score (nSPS) is 15.3. The molecule has 0 N–H and O–H groups in total. The zero-order chi connectivity index (χ0) is 22.2. The van der Waals surface area contributed by atoms with E-state index >= 15 is 0 Å². The van der Waals surface area contributed by atoms with Crippen molar-refractivity contribution >= 4 is 22.5 Å². The number of Topliss-reactive ketones (excluding diaryl/α,β-unsaturated/α-hetero) is 1. The minimum absolute atomic E-state index is 0.0238. The quantitative estimate of drug-likeness (QED) is 0.477. The zero-order valence-electron chi connectivity index (χ0n) is 17.1. The smallest absolute Gasteiger partial charge is 0.339 e. The molecule has 31 heavy (non-hydrogen) atoms. The molecule has 6 heteroatoms. The van der Waals surface area contributed by atoms with Crippen molar-refractivity contribution in [2.45, 2.75) is 31.9 Å². The number of likely N-dealkylation sites (tertiary alicyclic amines) is 1. The first-order valence-electron chi connectivity index (χ1n) is 10.2. The van der Waals surface area contributed by atoms with E-state index < -0.39 is 11.7 Å². The molecular formula is C25H22F3NO2. The molecule has 1 amide bonds. The molecule has 0 atom stereocenters. The van der Waals surface area contributed by atoms with Crippen LogP contribution in [0.4, 0.5) is 13.2 Å². The van der Waals surface area contributed by atoms with Crippen LogP contribution in [0.25, 0.3) is 10.8 Å². The molecule has 4 rings (SSSR count). The van der Waals surface area contributed by atoms with E-state index in [9.17, 15) is 22.8 Å². The number of rotatable bonds is 3. The van der Waals surface area contributed by atoms with Crippen LogP contribution in [0.3, 0.4) is 0 Å². The van der Waals surface area contributed by atoms with Gasteiger partial charge in [-0.05, 0) is 54.2 Å². The third-order valence-electron chi connectivity index (χ3n) is 6.03. The van der Waals surface area contributed by atoms with Gasteiger partial charge in [-0.2, -0.15) is 13.2 Å². The lowest BCUT2D eigenvalue weighted by atomic mass is 9.88. The lowest BCUT2D eigenvalue weighted by Crippen LogP contribution is -2.38. The first kappa shape index (κ1) is 21.1. The number of hydrogen-bond donors (Lipinski definition) is 0. The van der Waals surface area contributed by atoms with E-state index in [0.29, 0.717) is 29.6 Å². The molecule has 160 valence electrons. The maximum Gasteiger partial charge on any atom is 0.417 e. The van der Waals surface area contributed by atoms with Gasteiger partial charge in [-0.3, -0.25) is 9.59 Å². The van der Waals surface area contributed by atoms with Gasteiger partial charge in [0.2, 0.25) is 0 Å². The van der Waals surface area contributed by atoms with Crippen LogP contribution in [-0.4, -0.2) is 29.7 Å². The van der Waals surface area contributed by atoms with Crippen LogP contribution < -0.4 is 0 Å². The zero-order valence-corrected chi connectivity index (χ0v) is 17.1. The second-order valence-electron chi connectivity index (χ2n) is 7.95. The van der Waals surface area contributed by atoms with E-state index in [0.717, 1.165) is 24.5 Å². The van der Waals surface area contributed by atoms with E-state index in [1.165, 1.54) is 25.1 Å². The Labute approximate surface area is 178 Å². The number of halogens is 3. The molecule has 3 aromatic rings. The van der Waals surface area contributed by atoms with Crippen molar-refractivity contribution < 1.29 is 22.8 Å². The van der Waals surface area contributed by atoms with E-state index in [2.05, 4.69) is 0 Å². The Morgan fingerprint density at radius 3 is 2.10 bits per heavy atom. The predicted molar refractivity (Wildman–Crippen MR) is 113 cm³/mol. The van der Waals surface area contributed by atoms with Crippen LogP contribution in [-0.2, 0) is 6.18 Å². The summed E-state index contributed by atoms with van der Waals surface area (Å²) in [6.07, 6.45) is -2.94. The van der Waals surface area contributed by atoms with Gasteiger partial charge in [-0.1, -0.05) is 48.5 Å². The molecule has 1 aliphatic rings. The molecule has 0 bridgehead atoms. The topological polar surface area (TPSA) is 37.4 Å². The Hall–Kier alpha value is -3.15. The molecule has 0 aromatic heterocycles. The molecule has 0 saturated carbocycles. The number of fused-ring (bicyclic) bond motifs is 1. The number of piperidine rings is 1. The fourth-order valence-corrected chi connectivity index (χ4v) is 4.32. The number of nitrogens with zero attached hydrogens (tertiary/aromatic N) is 1. The highest BCUT2D eigenvalue weighted by Gasteiger charge is 2.33. The minimum Gasteiger partial charge on any atom is -0.339 e. The molecule has 1 aliphatic heterocycles. The Kier molecular flexibility index (Phi) is 5.56. The van der Waals surface area contributed by atoms with Gasteiger partial charge >= 0.3 is 6.18 Å². The summed E-state index contributed by atoms with van der Waals surface area (Å²) in [5, 5.41) is 0.366. The molecule has 0 aliphatic carbocycles. The standard InChI is InChI=1S/C25H22F3NO2/c1-16(30)17-8-10-18(11-9-17)19-12-14-29(15-13-19)24(31)22-6-2-5-21-20(22)4-3-7-23(21)25(26,27)28/h2-11,19H,12-15H2,1H3. The summed E-state index contributed by atoms with van der Waals surface area (Å²) >= 11 is 0. The predicted octanol–water partition coefficient (Wildman–Crippen LogP) is 6.08. The van der Waals surface area contributed by atoms with Crippen molar-refractivity contribution in [3.05, 3.63) is 82.9 Å². The summed E-state index contributed by atoms with van der Waals surface area (Å²) in [4.78, 5) is 26.3. The van der Waals surface area contributed by atoms with Gasteiger partial charge < -0.3 is 4.90 Å². The molecule has 1 saturated heterocycles. The number of amides is 1. The second-order valence-corrected chi connectivity index (χ2v) is 7.95. The van der Waals surface area contributed by atoms with Gasteiger partial charge in [0.05, 0.1) is 5.56 Å². The number of alkyl halides is 3. The van der Waals surface area contributed by atoms with Gasteiger partial charge in [-0.25, -0.2) is 0 Å². The number of ketones is 1. The molecule has 0 radical (unpaired) electrons. The molecule has 0 unspecified atom stereocenters. The highest BCUT2D eigenvalue weighted by molar-refractivity contribution is 6.07. The summed E-state index contributed by atoms with van der Waals surface area (Å²) in [6.45, 7) is 2.60. The summed E-state index contributed by atoms with van der Waals surface area (Å²) < 4.78 is 40.1. The summed E-state index contributed by atoms with van der Waals surface area (Å²) in [5.41, 5.74) is 1.38. The molecule has 1 heterocycles. The first-order chi connectivity index (χ1) is 14.8. The number of benzene rings is 3. The number of carbonyl (C=O) groups excluding carboxylic acids is 2. The average Bonchev–Trinajstić information content (AvgIpc) is 2.77. The van der Waals surface area contributed by atoms with Gasteiger partial charge in [0.15, 0.2) is 5.78 Å². The molecule has 3 nitrogen and oxygen atoms in total. The second kappa shape index (κ2) is 8.17. The maximum absolute atomic E-state index is 13.4. The molecule has 1 fully saturated rings. The maximum atomic E-state index is 13.4. The highest BCUT2D eigenvalue weighted by Crippen LogP contribution is 2.36. The fraction of sp³-hybridized carbons (Fsp3) is 0.280. The number of hydrogen-bond acceptors (Lipinski definition) is 2. The van der Waals surface area contributed by atoms with E-state index in [1.807, 2.05) is 24.3 Å². The Balaban J connectivity index is 1.53. The fourth-order valence-electron chi connectivity index (χ4n) is 4.32. The van der Waals surface area contributed by atoms with Crippen molar-refractivity contribution in [3.63, 3.8) is 0 Å². The van der Waals surface area contributed by atoms with E-state index in [4.69, 9.17) is 0 Å². The van der Waals surface area contributed by atoms with E-state index in [1.54, 1.807) is 17.0 Å². The Morgan fingerprint density at radius 2 is 1.48 bits per heavy atom. The number of carbonyl (C=O) groups is 2. The van der Waals surface area contributed by atoms with Gasteiger partial charge in [0.25, 0.3) is 5.91 Å². The summed E-state index contributed by atoms with van der Waals surface area (Å²) in [7, 11) is 0. The third-order valence-corrected chi connectivity index (χ3v) is 6.03. The van der Waals surface area contributed by atoms with Crippen LogP contribution in [0, 0.1) is 0 Å². The molecular weight excluding hydrogens is 403 g/mol. The summed E-state index contributed by atoms with van der Waals surface area (Å²) in [6, 6.07) is 16.0. The highest BCUT2D eigenvalue weighted by atomic mass is 19.4. The van der Waals surface area contributed by atoms with Crippen LogP contribution in [0.1, 0.15) is 57.5 Å². The Bertz CT molecular complexity index is 1130. The van der Waals surface area contributed by atoms with Gasteiger partial charge in [0.1, 0.15) is 0 Å². The third kappa shape index (κ3) is 4.20. The minimum atomic E-state index is -4.47.